The number of rotatable bonds is 12. The van der Waals surface area contributed by atoms with Gasteiger partial charge in [-0.3, -0.25) is 9.59 Å². The van der Waals surface area contributed by atoms with Crippen LogP contribution in [0.15, 0.2) is 25.7 Å². The third-order valence-electron chi connectivity index (χ3n) is 2.69. The summed E-state index contributed by atoms with van der Waals surface area (Å²) in [4.78, 5) is 22.0. The van der Waals surface area contributed by atoms with Crippen LogP contribution in [0, 0.1) is 0 Å². The highest BCUT2D eigenvalue weighted by atomic mass is 16.5. The second kappa shape index (κ2) is 12.9. The average Bonchev–Trinajstić information content (AvgIpc) is 2.37. The van der Waals surface area contributed by atoms with E-state index in [4.69, 9.17) is 0 Å². The maximum absolute atomic E-state index is 11.0. The number of carbonyl (C=O) groups is 2. The Morgan fingerprint density at radius 1 is 0.684 bits per heavy atom. The fourth-order valence-corrected chi connectivity index (χ4v) is 1.73. The third kappa shape index (κ3) is 12.7. The van der Waals surface area contributed by atoms with Crippen LogP contribution in [0.3, 0.4) is 0 Å². The first-order valence-electron chi connectivity index (χ1n) is 6.81. The van der Waals surface area contributed by atoms with E-state index in [-0.39, 0.29) is 11.9 Å². The molecule has 0 aliphatic heterocycles. The minimum atomic E-state index is -0.212. The Labute approximate surface area is 115 Å². The molecule has 0 rings (SSSR count). The van der Waals surface area contributed by atoms with Crippen molar-refractivity contribution >= 4 is 11.9 Å². The summed E-state index contributed by atoms with van der Waals surface area (Å²) in [7, 11) is 0. The Bertz CT molecular complexity index is 256. The molecule has 108 valence electrons. The number of hydrogen-bond acceptors (Lipinski definition) is 4. The molecule has 0 aromatic rings. The van der Waals surface area contributed by atoms with Gasteiger partial charge in [-0.05, 0) is 12.8 Å². The summed E-state index contributed by atoms with van der Waals surface area (Å²) >= 11 is 0. The zero-order valence-electron chi connectivity index (χ0n) is 11.6. The minimum Gasteiger partial charge on any atom is -0.435 e. The van der Waals surface area contributed by atoms with Gasteiger partial charge in [-0.1, -0.05) is 45.3 Å². The first-order chi connectivity index (χ1) is 9.20. The van der Waals surface area contributed by atoms with Crippen LogP contribution in [-0.2, 0) is 19.1 Å². The van der Waals surface area contributed by atoms with Crippen LogP contribution in [0.25, 0.3) is 0 Å². The molecule has 19 heavy (non-hydrogen) atoms. The van der Waals surface area contributed by atoms with E-state index in [1.54, 1.807) is 0 Å². The second-order valence-electron chi connectivity index (χ2n) is 4.29. The van der Waals surface area contributed by atoms with Gasteiger partial charge in [-0.15, -0.1) is 0 Å². The average molecular weight is 268 g/mol. The zero-order valence-corrected chi connectivity index (χ0v) is 11.6. The van der Waals surface area contributed by atoms with E-state index >= 15 is 0 Å². The SMILES string of the molecule is C=COC(=O)CCCCCCCCCC(=O)OC=C. The maximum Gasteiger partial charge on any atom is 0.310 e. The van der Waals surface area contributed by atoms with E-state index < -0.39 is 0 Å². The molecule has 0 unspecified atom stereocenters. The molecule has 0 aliphatic rings. The molecule has 0 amide bonds. The summed E-state index contributed by atoms with van der Waals surface area (Å²) in [5, 5.41) is 0. The molecule has 0 N–H and O–H groups in total. The number of ether oxygens (including phenoxy) is 2. The van der Waals surface area contributed by atoms with Crippen LogP contribution in [0.1, 0.15) is 57.8 Å². The standard InChI is InChI=1S/C15H24O4/c1-3-18-14(16)12-10-8-6-5-7-9-11-13-15(17)19-4-2/h3-4H,1-2,5-13H2. The van der Waals surface area contributed by atoms with Crippen molar-refractivity contribution in [2.75, 3.05) is 0 Å². The normalized spacial score (nSPS) is 9.68. The van der Waals surface area contributed by atoms with Crippen LogP contribution in [-0.4, -0.2) is 11.9 Å². The minimum absolute atomic E-state index is 0.212. The van der Waals surface area contributed by atoms with Crippen LogP contribution in [0.2, 0.25) is 0 Å². The quantitative estimate of drug-likeness (QED) is 0.306. The smallest absolute Gasteiger partial charge is 0.310 e. The highest BCUT2D eigenvalue weighted by Crippen LogP contribution is 2.10. The molecule has 0 spiro atoms. The van der Waals surface area contributed by atoms with Crippen molar-refractivity contribution in [1.82, 2.24) is 0 Å². The first-order valence-corrected chi connectivity index (χ1v) is 6.81. The molecule has 0 saturated carbocycles. The first kappa shape index (κ1) is 17.4. The molecule has 0 heterocycles. The molecular formula is C15H24O4. The van der Waals surface area contributed by atoms with Gasteiger partial charge in [0.2, 0.25) is 0 Å². The van der Waals surface area contributed by atoms with Crippen molar-refractivity contribution in [2.45, 2.75) is 57.8 Å². The zero-order chi connectivity index (χ0) is 14.3. The lowest BCUT2D eigenvalue weighted by Gasteiger charge is -2.02. The van der Waals surface area contributed by atoms with Crippen LogP contribution >= 0.6 is 0 Å². The summed E-state index contributed by atoms with van der Waals surface area (Å²) in [5.41, 5.74) is 0. The van der Waals surface area contributed by atoms with Gasteiger partial charge < -0.3 is 9.47 Å². The highest BCUT2D eigenvalue weighted by Gasteiger charge is 2.01. The van der Waals surface area contributed by atoms with E-state index in [1.165, 1.54) is 12.5 Å². The van der Waals surface area contributed by atoms with Crippen LogP contribution in [0.4, 0.5) is 0 Å². The topological polar surface area (TPSA) is 52.6 Å². The van der Waals surface area contributed by atoms with Gasteiger partial charge >= 0.3 is 11.9 Å². The van der Waals surface area contributed by atoms with Crippen molar-refractivity contribution in [3.05, 3.63) is 25.7 Å². The summed E-state index contributed by atoms with van der Waals surface area (Å²) in [6.07, 6.45) is 10.4. The van der Waals surface area contributed by atoms with Gasteiger partial charge in [0.25, 0.3) is 0 Å². The van der Waals surface area contributed by atoms with Gasteiger partial charge in [-0.25, -0.2) is 0 Å². The summed E-state index contributed by atoms with van der Waals surface area (Å²) in [6, 6.07) is 0. The van der Waals surface area contributed by atoms with Crippen molar-refractivity contribution in [3.8, 4) is 0 Å². The van der Waals surface area contributed by atoms with Crippen molar-refractivity contribution in [3.63, 3.8) is 0 Å². The Balaban J connectivity index is 3.19. The van der Waals surface area contributed by atoms with Crippen LogP contribution in [0.5, 0.6) is 0 Å². The molecule has 4 nitrogen and oxygen atoms in total. The molecule has 0 radical (unpaired) electrons. The number of unbranched alkanes of at least 4 members (excludes halogenated alkanes) is 6. The van der Waals surface area contributed by atoms with E-state index in [1.807, 2.05) is 0 Å². The lowest BCUT2D eigenvalue weighted by Crippen LogP contribution is -1.99. The molecule has 0 bridgehead atoms. The molecule has 0 atom stereocenters. The van der Waals surface area contributed by atoms with Crippen molar-refractivity contribution in [1.29, 1.82) is 0 Å². The number of esters is 2. The van der Waals surface area contributed by atoms with Crippen LogP contribution < -0.4 is 0 Å². The largest absolute Gasteiger partial charge is 0.435 e. The second-order valence-corrected chi connectivity index (χ2v) is 4.29. The van der Waals surface area contributed by atoms with Gasteiger partial charge in [0.05, 0.1) is 12.5 Å². The molecule has 4 heteroatoms. The predicted octanol–water partition coefficient (Wildman–Crippen LogP) is 3.87. The Hall–Kier alpha value is -1.58. The van der Waals surface area contributed by atoms with E-state index in [0.717, 1.165) is 44.9 Å². The Kier molecular flexibility index (Phi) is 11.8. The van der Waals surface area contributed by atoms with Gasteiger partial charge in [0.1, 0.15) is 0 Å². The number of hydrogen-bond donors (Lipinski definition) is 0. The number of carbonyl (C=O) groups excluding carboxylic acids is 2. The molecule has 0 aliphatic carbocycles. The van der Waals surface area contributed by atoms with E-state index in [0.29, 0.717) is 12.8 Å². The lowest BCUT2D eigenvalue weighted by molar-refractivity contribution is -0.139. The highest BCUT2D eigenvalue weighted by molar-refractivity contribution is 5.70. The lowest BCUT2D eigenvalue weighted by atomic mass is 10.1. The summed E-state index contributed by atoms with van der Waals surface area (Å²) < 4.78 is 9.24. The molecule has 0 aromatic heterocycles. The fraction of sp³-hybridized carbons (Fsp3) is 0.600. The molecule has 0 fully saturated rings. The molecular weight excluding hydrogens is 244 g/mol. The monoisotopic (exact) mass is 268 g/mol. The molecule has 0 aromatic carbocycles. The van der Waals surface area contributed by atoms with E-state index in [2.05, 4.69) is 22.6 Å². The maximum atomic E-state index is 11.0. The summed E-state index contributed by atoms with van der Waals surface area (Å²) in [6.45, 7) is 6.66. The van der Waals surface area contributed by atoms with Gasteiger partial charge in [0, 0.05) is 12.8 Å². The van der Waals surface area contributed by atoms with Crippen molar-refractivity contribution < 1.29 is 19.1 Å². The Morgan fingerprint density at radius 2 is 1.00 bits per heavy atom. The third-order valence-corrected chi connectivity index (χ3v) is 2.69. The van der Waals surface area contributed by atoms with Gasteiger partial charge in [-0.2, -0.15) is 0 Å². The van der Waals surface area contributed by atoms with Crippen molar-refractivity contribution in [2.24, 2.45) is 0 Å². The Morgan fingerprint density at radius 3 is 1.32 bits per heavy atom. The predicted molar refractivity (Wildman–Crippen MR) is 74.1 cm³/mol. The van der Waals surface area contributed by atoms with E-state index in [9.17, 15) is 9.59 Å². The fourth-order valence-electron chi connectivity index (χ4n) is 1.73. The van der Waals surface area contributed by atoms with Gasteiger partial charge in [0.15, 0.2) is 0 Å². The molecule has 0 saturated heterocycles. The summed E-state index contributed by atoms with van der Waals surface area (Å²) in [5.74, 6) is -0.425.